The smallest absolute Gasteiger partial charge is 0.250 e. The average molecular weight is 432 g/mol. The number of likely N-dealkylation sites (tertiary alicyclic amines) is 1. The van der Waals surface area contributed by atoms with Crippen LogP contribution in [0.4, 0.5) is 5.69 Å². The molecule has 2 aromatic rings. The van der Waals surface area contributed by atoms with Crippen LogP contribution in [0.1, 0.15) is 28.7 Å². The molecule has 0 unspecified atom stereocenters. The second-order valence-electron chi connectivity index (χ2n) is 8.87. The van der Waals surface area contributed by atoms with Crippen LogP contribution in [0.5, 0.6) is 0 Å². The summed E-state index contributed by atoms with van der Waals surface area (Å²) in [5.74, 6) is -3.58. The van der Waals surface area contributed by atoms with E-state index >= 15 is 0 Å². The zero-order valence-electron chi connectivity index (χ0n) is 17.8. The van der Waals surface area contributed by atoms with Crippen LogP contribution < -0.4 is 16.4 Å². The maximum atomic E-state index is 13.7. The zero-order chi connectivity index (χ0) is 22.8. The number of carbonyl (C=O) groups excluding carboxylic acids is 4. The van der Waals surface area contributed by atoms with Crippen molar-refractivity contribution >= 4 is 29.3 Å². The van der Waals surface area contributed by atoms with Crippen LogP contribution in [0.15, 0.2) is 42.5 Å². The summed E-state index contributed by atoms with van der Waals surface area (Å²) < 4.78 is 0. The highest BCUT2D eigenvalue weighted by molar-refractivity contribution is 6.15. The van der Waals surface area contributed by atoms with E-state index in [4.69, 9.17) is 5.73 Å². The van der Waals surface area contributed by atoms with E-state index in [0.29, 0.717) is 11.3 Å². The standard InChI is InChI=1S/C24H24N4O4/c1-12-8-9-15-20(13(12)2)26-23(32)24(15)19-18(16(27-24)10-17(25)29)21(30)28(22(19)31)11-14-6-4-3-5-7-14/h3-9,16,18-19,27H,10-11H2,1-2H3,(H2,25,29)(H,26,32)/t16-,18-,19-,24-/m1/s1. The number of amides is 4. The minimum Gasteiger partial charge on any atom is -0.370 e. The molecule has 8 nitrogen and oxygen atoms in total. The number of fused-ring (bicyclic) bond motifs is 4. The van der Waals surface area contributed by atoms with Crippen molar-refractivity contribution < 1.29 is 19.2 Å². The van der Waals surface area contributed by atoms with Crippen LogP contribution >= 0.6 is 0 Å². The highest BCUT2D eigenvalue weighted by Gasteiger charge is 2.70. The maximum Gasteiger partial charge on any atom is 0.250 e. The minimum absolute atomic E-state index is 0.117. The molecule has 2 saturated heterocycles. The summed E-state index contributed by atoms with van der Waals surface area (Å²) in [6.45, 7) is 3.97. The molecule has 0 aromatic heterocycles. The van der Waals surface area contributed by atoms with Gasteiger partial charge in [-0.15, -0.1) is 0 Å². The number of nitrogens with one attached hydrogen (secondary N) is 2. The van der Waals surface area contributed by atoms with Gasteiger partial charge in [-0.1, -0.05) is 42.5 Å². The average Bonchev–Trinajstić information content (AvgIpc) is 3.32. The number of imide groups is 1. The van der Waals surface area contributed by atoms with Crippen molar-refractivity contribution in [1.82, 2.24) is 10.2 Å². The summed E-state index contributed by atoms with van der Waals surface area (Å²) in [7, 11) is 0. The van der Waals surface area contributed by atoms with Crippen LogP contribution in [-0.2, 0) is 31.3 Å². The predicted molar refractivity (Wildman–Crippen MR) is 116 cm³/mol. The fourth-order valence-electron chi connectivity index (χ4n) is 5.49. The van der Waals surface area contributed by atoms with Crippen molar-refractivity contribution in [2.45, 2.75) is 38.4 Å². The lowest BCUT2D eigenvalue weighted by Gasteiger charge is -2.29. The molecule has 0 aliphatic carbocycles. The third kappa shape index (κ3) is 2.65. The Bertz CT molecular complexity index is 1180. The number of anilines is 1. The Labute approximate surface area is 185 Å². The summed E-state index contributed by atoms with van der Waals surface area (Å²) >= 11 is 0. The first-order valence-electron chi connectivity index (χ1n) is 10.6. The molecular weight excluding hydrogens is 408 g/mol. The van der Waals surface area contributed by atoms with Crippen molar-refractivity contribution in [1.29, 1.82) is 0 Å². The van der Waals surface area contributed by atoms with Gasteiger partial charge in [-0.3, -0.25) is 29.4 Å². The van der Waals surface area contributed by atoms with Crippen molar-refractivity contribution in [2.24, 2.45) is 17.6 Å². The largest absolute Gasteiger partial charge is 0.370 e. The normalized spacial score (nSPS) is 28.2. The monoisotopic (exact) mass is 432 g/mol. The highest BCUT2D eigenvalue weighted by Crippen LogP contribution is 2.54. The van der Waals surface area contributed by atoms with Crippen molar-refractivity contribution in [3.8, 4) is 0 Å². The van der Waals surface area contributed by atoms with Gasteiger partial charge in [-0.05, 0) is 30.5 Å². The van der Waals surface area contributed by atoms with Gasteiger partial charge in [0.2, 0.25) is 23.6 Å². The first-order valence-corrected chi connectivity index (χ1v) is 10.6. The Morgan fingerprint density at radius 3 is 2.47 bits per heavy atom. The van der Waals surface area contributed by atoms with E-state index in [1.54, 1.807) is 0 Å². The topological polar surface area (TPSA) is 122 Å². The van der Waals surface area contributed by atoms with Gasteiger partial charge in [0.1, 0.15) is 5.54 Å². The van der Waals surface area contributed by atoms with E-state index in [1.807, 2.05) is 56.3 Å². The van der Waals surface area contributed by atoms with Gasteiger partial charge in [-0.25, -0.2) is 0 Å². The summed E-state index contributed by atoms with van der Waals surface area (Å²) in [5, 5.41) is 6.14. The SMILES string of the molecule is Cc1ccc2c(c1C)NC(=O)[C@@]21N[C@H](CC(N)=O)[C@H]2C(=O)N(Cc3ccccc3)C(=O)[C@@H]21. The first kappa shape index (κ1) is 20.4. The van der Waals surface area contributed by atoms with E-state index in [2.05, 4.69) is 10.6 Å². The Balaban J connectivity index is 1.63. The van der Waals surface area contributed by atoms with Crippen molar-refractivity contribution in [3.63, 3.8) is 0 Å². The van der Waals surface area contributed by atoms with Gasteiger partial charge in [0.25, 0.3) is 0 Å². The summed E-state index contributed by atoms with van der Waals surface area (Å²) in [6.07, 6.45) is -0.144. The van der Waals surface area contributed by atoms with E-state index in [-0.39, 0.29) is 24.8 Å². The number of carbonyl (C=O) groups is 4. The Morgan fingerprint density at radius 1 is 1.06 bits per heavy atom. The van der Waals surface area contributed by atoms with Crippen LogP contribution in [0.25, 0.3) is 0 Å². The van der Waals surface area contributed by atoms with Crippen LogP contribution in [0.2, 0.25) is 0 Å². The van der Waals surface area contributed by atoms with Gasteiger partial charge in [0.15, 0.2) is 0 Å². The molecular formula is C24H24N4O4. The second-order valence-corrected chi connectivity index (χ2v) is 8.87. The third-order valence-corrected chi connectivity index (χ3v) is 7.12. The number of hydrogen-bond donors (Lipinski definition) is 3. The van der Waals surface area contributed by atoms with Crippen molar-refractivity contribution in [2.75, 3.05) is 5.32 Å². The van der Waals surface area contributed by atoms with Crippen LogP contribution in [0, 0.1) is 25.7 Å². The van der Waals surface area contributed by atoms with Gasteiger partial charge < -0.3 is 11.1 Å². The lowest BCUT2D eigenvalue weighted by Crippen LogP contribution is -2.53. The Kier molecular flexibility index (Phi) is 4.46. The molecule has 1 spiro atoms. The van der Waals surface area contributed by atoms with E-state index in [9.17, 15) is 19.2 Å². The minimum atomic E-state index is -1.42. The number of nitrogens with two attached hydrogens (primary N) is 1. The number of nitrogens with zero attached hydrogens (tertiary/aromatic N) is 1. The number of primary amides is 1. The predicted octanol–water partition coefficient (Wildman–Crippen LogP) is 1.10. The summed E-state index contributed by atoms with van der Waals surface area (Å²) in [6, 6.07) is 12.2. The fraction of sp³-hybridized carbons (Fsp3) is 0.333. The van der Waals surface area contributed by atoms with Crippen LogP contribution in [0.3, 0.4) is 0 Å². The number of aryl methyl sites for hydroxylation is 1. The fourth-order valence-corrected chi connectivity index (χ4v) is 5.49. The highest BCUT2D eigenvalue weighted by atomic mass is 16.2. The zero-order valence-corrected chi connectivity index (χ0v) is 17.8. The quantitative estimate of drug-likeness (QED) is 0.625. The van der Waals surface area contributed by atoms with E-state index in [0.717, 1.165) is 16.7 Å². The molecule has 0 saturated carbocycles. The molecule has 3 aliphatic rings. The molecule has 0 bridgehead atoms. The lowest BCUT2D eigenvalue weighted by molar-refractivity contribution is -0.143. The molecule has 4 N–H and O–H groups in total. The molecule has 3 heterocycles. The van der Waals surface area contributed by atoms with E-state index in [1.165, 1.54) is 4.90 Å². The first-order chi connectivity index (χ1) is 15.3. The van der Waals surface area contributed by atoms with E-state index < -0.39 is 35.2 Å². The molecule has 4 atom stereocenters. The molecule has 3 aliphatic heterocycles. The van der Waals surface area contributed by atoms with Gasteiger partial charge in [0.05, 0.1) is 18.4 Å². The summed E-state index contributed by atoms with van der Waals surface area (Å²) in [5.41, 5.74) is 8.05. The molecule has 4 amide bonds. The molecule has 32 heavy (non-hydrogen) atoms. The Morgan fingerprint density at radius 2 is 1.78 bits per heavy atom. The number of benzene rings is 2. The third-order valence-electron chi connectivity index (χ3n) is 7.12. The number of rotatable bonds is 4. The Hall–Kier alpha value is -3.52. The molecule has 8 heteroatoms. The maximum absolute atomic E-state index is 13.7. The lowest BCUT2D eigenvalue weighted by atomic mass is 9.76. The number of hydrogen-bond acceptors (Lipinski definition) is 5. The van der Waals surface area contributed by atoms with Gasteiger partial charge in [-0.2, -0.15) is 0 Å². The van der Waals surface area contributed by atoms with Crippen LogP contribution in [-0.4, -0.2) is 34.6 Å². The molecule has 2 fully saturated rings. The summed E-state index contributed by atoms with van der Waals surface area (Å²) in [4.78, 5) is 53.6. The molecule has 5 rings (SSSR count). The second kappa shape index (κ2) is 7.00. The molecule has 2 aromatic carbocycles. The molecule has 0 radical (unpaired) electrons. The van der Waals surface area contributed by atoms with Gasteiger partial charge >= 0.3 is 0 Å². The molecule has 164 valence electrons. The van der Waals surface area contributed by atoms with Gasteiger partial charge in [0, 0.05) is 23.7 Å². The van der Waals surface area contributed by atoms with Crippen molar-refractivity contribution in [3.05, 3.63) is 64.7 Å².